The number of aliphatic carboxylic acids is 1. The first kappa shape index (κ1) is 18.1. The zero-order valence-corrected chi connectivity index (χ0v) is 14.3. The predicted octanol–water partition coefficient (Wildman–Crippen LogP) is 2.16. The average Bonchev–Trinajstić information content (AvgIpc) is 3.04. The molecule has 1 unspecified atom stereocenters. The fraction of sp³-hybridized carbons (Fsp3) is 0.529. The normalized spacial score (nSPS) is 12.5. The van der Waals surface area contributed by atoms with Crippen molar-refractivity contribution in [2.45, 2.75) is 32.7 Å². The van der Waals surface area contributed by atoms with Crippen molar-refractivity contribution in [2.24, 2.45) is 5.92 Å². The molecule has 0 saturated carbocycles. The molecular weight excluding hydrogens is 306 g/mol. The number of hydrogen-bond donors (Lipinski definition) is 1. The zero-order chi connectivity index (χ0) is 17.4. The van der Waals surface area contributed by atoms with E-state index in [2.05, 4.69) is 20.3 Å². The number of carboxylic acids is 1. The van der Waals surface area contributed by atoms with E-state index < -0.39 is 5.97 Å². The highest BCUT2D eigenvalue weighted by molar-refractivity contribution is 5.69. The second-order valence-electron chi connectivity index (χ2n) is 6.14. The highest BCUT2D eigenvalue weighted by Crippen LogP contribution is 2.12. The van der Waals surface area contributed by atoms with E-state index in [0.29, 0.717) is 12.4 Å². The van der Waals surface area contributed by atoms with Crippen LogP contribution in [0.2, 0.25) is 0 Å². The van der Waals surface area contributed by atoms with Crippen LogP contribution in [-0.2, 0) is 11.3 Å². The summed E-state index contributed by atoms with van der Waals surface area (Å²) >= 11 is 0. The van der Waals surface area contributed by atoms with Crippen molar-refractivity contribution in [3.8, 4) is 11.4 Å². The number of hydrogen-bond acceptors (Lipinski definition) is 5. The maximum absolute atomic E-state index is 10.8. The lowest BCUT2D eigenvalue weighted by molar-refractivity contribution is -0.141. The van der Waals surface area contributed by atoms with E-state index >= 15 is 0 Å². The smallest absolute Gasteiger partial charge is 0.307 e. The molecule has 0 fully saturated rings. The first-order valence-electron chi connectivity index (χ1n) is 8.31. The Hall–Kier alpha value is -2.28. The molecule has 1 atom stereocenters. The monoisotopic (exact) mass is 331 g/mol. The van der Waals surface area contributed by atoms with E-state index in [9.17, 15) is 4.79 Å². The van der Waals surface area contributed by atoms with Crippen molar-refractivity contribution in [2.75, 3.05) is 20.1 Å². The van der Waals surface area contributed by atoms with E-state index in [1.54, 1.807) is 11.7 Å². The Bertz CT molecular complexity index is 629. The molecule has 0 radical (unpaired) electrons. The number of aryl methyl sites for hydroxylation is 1. The summed E-state index contributed by atoms with van der Waals surface area (Å²) in [4.78, 5) is 14.5. The minimum Gasteiger partial charge on any atom is -0.481 e. The quantitative estimate of drug-likeness (QED) is 0.672. The maximum Gasteiger partial charge on any atom is 0.307 e. The summed E-state index contributed by atoms with van der Waals surface area (Å²) in [7, 11) is 1.96. The second-order valence-corrected chi connectivity index (χ2v) is 6.14. The minimum atomic E-state index is -0.742. The summed E-state index contributed by atoms with van der Waals surface area (Å²) in [6.07, 6.45) is 3.06. The SMILES string of the molecule is CC(CN(C)CCCCCn1nnc(-c2ccccc2)n1)C(=O)O. The van der Waals surface area contributed by atoms with Gasteiger partial charge in [0.25, 0.3) is 0 Å². The Kier molecular flexibility index (Phi) is 6.87. The van der Waals surface area contributed by atoms with Crippen LogP contribution >= 0.6 is 0 Å². The first-order chi connectivity index (χ1) is 11.6. The maximum atomic E-state index is 10.8. The lowest BCUT2D eigenvalue weighted by Crippen LogP contribution is -2.29. The van der Waals surface area contributed by atoms with Crippen LogP contribution in [0.4, 0.5) is 0 Å². The summed E-state index contributed by atoms with van der Waals surface area (Å²) in [5, 5.41) is 21.5. The Balaban J connectivity index is 1.65. The van der Waals surface area contributed by atoms with Crippen LogP contribution in [0.25, 0.3) is 11.4 Å². The molecule has 1 aromatic heterocycles. The number of aromatic nitrogens is 4. The Labute approximate surface area is 142 Å². The number of rotatable bonds is 10. The fourth-order valence-electron chi connectivity index (χ4n) is 2.49. The predicted molar refractivity (Wildman–Crippen MR) is 91.4 cm³/mol. The molecule has 0 aliphatic heterocycles. The van der Waals surface area contributed by atoms with E-state index in [0.717, 1.165) is 37.9 Å². The highest BCUT2D eigenvalue weighted by Gasteiger charge is 2.13. The van der Waals surface area contributed by atoms with Crippen LogP contribution in [0.3, 0.4) is 0 Å². The molecule has 1 heterocycles. The molecule has 0 aliphatic rings. The van der Waals surface area contributed by atoms with Gasteiger partial charge in [-0.2, -0.15) is 4.80 Å². The fourth-order valence-corrected chi connectivity index (χ4v) is 2.49. The van der Waals surface area contributed by atoms with Gasteiger partial charge >= 0.3 is 5.97 Å². The molecule has 0 saturated heterocycles. The van der Waals surface area contributed by atoms with Crippen LogP contribution in [0, 0.1) is 5.92 Å². The zero-order valence-electron chi connectivity index (χ0n) is 14.3. The largest absolute Gasteiger partial charge is 0.481 e. The Morgan fingerprint density at radius 2 is 2.00 bits per heavy atom. The molecule has 0 spiro atoms. The van der Waals surface area contributed by atoms with Gasteiger partial charge in [0.15, 0.2) is 0 Å². The lowest BCUT2D eigenvalue weighted by Gasteiger charge is -2.18. The van der Waals surface area contributed by atoms with Gasteiger partial charge in [-0.1, -0.05) is 43.7 Å². The molecule has 0 amide bonds. The Morgan fingerprint density at radius 3 is 2.71 bits per heavy atom. The Morgan fingerprint density at radius 1 is 1.25 bits per heavy atom. The standard InChI is InChI=1S/C17H25N5O2/c1-14(17(23)24)13-21(2)11-7-4-8-12-22-19-16(18-20-22)15-9-5-3-6-10-15/h3,5-6,9-10,14H,4,7-8,11-13H2,1-2H3,(H,23,24). The van der Waals surface area contributed by atoms with Gasteiger partial charge in [-0.3, -0.25) is 4.79 Å². The molecule has 0 aliphatic carbocycles. The highest BCUT2D eigenvalue weighted by atomic mass is 16.4. The molecule has 130 valence electrons. The van der Waals surface area contributed by atoms with Crippen molar-refractivity contribution in [3.63, 3.8) is 0 Å². The summed E-state index contributed by atoms with van der Waals surface area (Å²) in [5.74, 6) is -0.419. The van der Waals surface area contributed by atoms with Crippen LogP contribution in [0.5, 0.6) is 0 Å². The van der Waals surface area contributed by atoms with Crippen LogP contribution in [0.1, 0.15) is 26.2 Å². The molecule has 2 rings (SSSR count). The van der Waals surface area contributed by atoms with Gasteiger partial charge in [0, 0.05) is 12.1 Å². The number of tetrazole rings is 1. The minimum absolute atomic E-state index is 0.328. The van der Waals surface area contributed by atoms with Crippen molar-refractivity contribution in [1.82, 2.24) is 25.1 Å². The van der Waals surface area contributed by atoms with Gasteiger partial charge in [0.05, 0.1) is 12.5 Å². The number of unbranched alkanes of at least 4 members (excludes halogenated alkanes) is 2. The van der Waals surface area contributed by atoms with Gasteiger partial charge in [-0.15, -0.1) is 10.2 Å². The van der Waals surface area contributed by atoms with Gasteiger partial charge in [-0.05, 0) is 31.6 Å². The number of carbonyl (C=O) groups is 1. The van der Waals surface area contributed by atoms with Crippen molar-refractivity contribution in [3.05, 3.63) is 30.3 Å². The molecule has 1 aromatic carbocycles. The average molecular weight is 331 g/mol. The first-order valence-corrected chi connectivity index (χ1v) is 8.31. The summed E-state index contributed by atoms with van der Waals surface area (Å²) in [6, 6.07) is 9.81. The van der Waals surface area contributed by atoms with Crippen molar-refractivity contribution < 1.29 is 9.90 Å². The summed E-state index contributed by atoms with van der Waals surface area (Å²) in [5.41, 5.74) is 0.970. The number of carboxylic acid groups (broad SMARTS) is 1. The lowest BCUT2D eigenvalue weighted by atomic mass is 10.1. The van der Waals surface area contributed by atoms with Crippen LogP contribution in [0.15, 0.2) is 30.3 Å². The number of benzene rings is 1. The van der Waals surface area contributed by atoms with Crippen molar-refractivity contribution in [1.29, 1.82) is 0 Å². The molecule has 2 aromatic rings. The second kappa shape index (κ2) is 9.12. The van der Waals surface area contributed by atoms with Gasteiger partial charge in [-0.25, -0.2) is 0 Å². The third-order valence-electron chi connectivity index (χ3n) is 3.89. The molecule has 24 heavy (non-hydrogen) atoms. The van der Waals surface area contributed by atoms with E-state index in [1.165, 1.54) is 0 Å². The van der Waals surface area contributed by atoms with E-state index in [4.69, 9.17) is 5.11 Å². The van der Waals surface area contributed by atoms with Crippen LogP contribution < -0.4 is 0 Å². The van der Waals surface area contributed by atoms with Gasteiger partial charge in [0.1, 0.15) is 0 Å². The van der Waals surface area contributed by atoms with Gasteiger partial charge < -0.3 is 10.0 Å². The molecule has 7 heteroatoms. The third kappa shape index (κ3) is 5.73. The molecule has 0 bridgehead atoms. The van der Waals surface area contributed by atoms with Crippen LogP contribution in [-0.4, -0.2) is 56.3 Å². The third-order valence-corrected chi connectivity index (χ3v) is 3.89. The van der Waals surface area contributed by atoms with E-state index in [-0.39, 0.29) is 5.92 Å². The molecule has 7 nitrogen and oxygen atoms in total. The van der Waals surface area contributed by atoms with E-state index in [1.807, 2.05) is 37.4 Å². The molecule has 1 N–H and O–H groups in total. The topological polar surface area (TPSA) is 84.1 Å². The van der Waals surface area contributed by atoms with Crippen molar-refractivity contribution >= 4 is 5.97 Å². The summed E-state index contributed by atoms with van der Waals surface area (Å²) < 4.78 is 0. The molecular formula is C17H25N5O2. The number of nitrogens with zero attached hydrogens (tertiary/aromatic N) is 5. The van der Waals surface area contributed by atoms with Gasteiger partial charge in [0.2, 0.25) is 5.82 Å². The summed E-state index contributed by atoms with van der Waals surface area (Å²) in [6.45, 7) is 3.96.